The van der Waals surface area contributed by atoms with E-state index in [-0.39, 0.29) is 0 Å². The first-order valence-corrected chi connectivity index (χ1v) is 9.93. The van der Waals surface area contributed by atoms with Gasteiger partial charge in [0.1, 0.15) is 11.7 Å². The van der Waals surface area contributed by atoms with Crippen molar-refractivity contribution in [3.63, 3.8) is 0 Å². The quantitative estimate of drug-likeness (QED) is 0.665. The second-order valence-corrected chi connectivity index (χ2v) is 7.14. The first-order chi connectivity index (χ1) is 12.9. The number of amidine groups is 2. The monoisotopic (exact) mass is 365 g/mol. The van der Waals surface area contributed by atoms with E-state index in [0.29, 0.717) is 0 Å². The summed E-state index contributed by atoms with van der Waals surface area (Å²) >= 11 is 1.74. The summed E-state index contributed by atoms with van der Waals surface area (Å²) < 4.78 is 0. The maximum atomic E-state index is 4.41. The molecule has 0 saturated heterocycles. The van der Waals surface area contributed by atoms with E-state index in [2.05, 4.69) is 66.8 Å². The van der Waals surface area contributed by atoms with E-state index in [0.717, 1.165) is 50.7 Å². The first-order valence-electron chi connectivity index (χ1n) is 8.99. The standard InChI is InChI=1S/C12H13N3.C8H10N2S/c1-2-4-11-10(3-1)9(8-15-11)7-12-13-5-6-14-12;1-4-11-6-7(1)5-8-9-2-3-10-8/h1-4,8,15H,5-7H2,(H,13,14);1,4,6H,2-3,5H2,(H,9,10). The number of aromatic amines is 1. The summed E-state index contributed by atoms with van der Waals surface area (Å²) in [6.45, 7) is 3.86. The fourth-order valence-electron chi connectivity index (χ4n) is 3.18. The number of benzene rings is 1. The van der Waals surface area contributed by atoms with E-state index in [1.165, 1.54) is 22.0 Å². The summed E-state index contributed by atoms with van der Waals surface area (Å²) in [5, 5.41) is 12.1. The molecule has 4 heterocycles. The smallest absolute Gasteiger partial charge is 0.101 e. The van der Waals surface area contributed by atoms with Gasteiger partial charge in [0, 0.05) is 43.0 Å². The topological polar surface area (TPSA) is 64.6 Å². The normalized spacial score (nSPS) is 15.7. The van der Waals surface area contributed by atoms with Gasteiger partial charge in [0.2, 0.25) is 0 Å². The fourth-order valence-corrected chi connectivity index (χ4v) is 3.84. The third-order valence-electron chi connectivity index (χ3n) is 4.47. The van der Waals surface area contributed by atoms with E-state index in [9.17, 15) is 0 Å². The fraction of sp³-hybridized carbons (Fsp3) is 0.300. The number of thiophene rings is 1. The molecule has 3 aromatic rings. The number of fused-ring (bicyclic) bond motifs is 1. The van der Waals surface area contributed by atoms with Gasteiger partial charge in [-0.25, -0.2) is 0 Å². The Labute approximate surface area is 157 Å². The number of nitrogens with zero attached hydrogens (tertiary/aromatic N) is 2. The number of para-hydroxylation sites is 1. The van der Waals surface area contributed by atoms with Crippen molar-refractivity contribution in [1.29, 1.82) is 0 Å². The highest BCUT2D eigenvalue weighted by Gasteiger charge is 2.09. The number of aromatic nitrogens is 1. The number of H-pyrrole nitrogens is 1. The van der Waals surface area contributed by atoms with Crippen LogP contribution in [-0.2, 0) is 12.8 Å². The van der Waals surface area contributed by atoms with Crippen molar-refractivity contribution in [2.75, 3.05) is 26.2 Å². The molecular formula is C20H23N5S. The highest BCUT2D eigenvalue weighted by molar-refractivity contribution is 7.08. The molecule has 5 nitrogen and oxygen atoms in total. The molecule has 0 bridgehead atoms. The summed E-state index contributed by atoms with van der Waals surface area (Å²) in [7, 11) is 0. The van der Waals surface area contributed by atoms with Crippen LogP contribution in [0.2, 0.25) is 0 Å². The number of hydrogen-bond acceptors (Lipinski definition) is 5. The molecule has 134 valence electrons. The maximum absolute atomic E-state index is 4.41. The number of aliphatic imine (C=N–C) groups is 2. The van der Waals surface area contributed by atoms with Crippen molar-refractivity contribution in [3.8, 4) is 0 Å². The van der Waals surface area contributed by atoms with Gasteiger partial charge in [-0.1, -0.05) is 18.2 Å². The number of rotatable bonds is 4. The van der Waals surface area contributed by atoms with Crippen LogP contribution in [0, 0.1) is 0 Å². The van der Waals surface area contributed by atoms with Gasteiger partial charge in [0.15, 0.2) is 0 Å². The SMILES string of the molecule is c1cc(CC2=NCCN2)cs1.c1ccc2c(CC3=NCCN3)c[nH]c2c1. The molecule has 0 saturated carbocycles. The molecule has 26 heavy (non-hydrogen) atoms. The van der Waals surface area contributed by atoms with E-state index in [1.807, 2.05) is 6.07 Å². The molecule has 0 unspecified atom stereocenters. The van der Waals surface area contributed by atoms with Gasteiger partial charge >= 0.3 is 0 Å². The summed E-state index contributed by atoms with van der Waals surface area (Å²) in [6.07, 6.45) is 3.96. The molecule has 3 N–H and O–H groups in total. The summed E-state index contributed by atoms with van der Waals surface area (Å²) in [5.41, 5.74) is 3.88. The summed E-state index contributed by atoms with van der Waals surface area (Å²) in [5.74, 6) is 2.25. The zero-order valence-corrected chi connectivity index (χ0v) is 15.5. The van der Waals surface area contributed by atoms with Crippen LogP contribution < -0.4 is 10.6 Å². The largest absolute Gasteiger partial charge is 0.372 e. The van der Waals surface area contributed by atoms with Crippen LogP contribution in [0.15, 0.2) is 57.3 Å². The molecule has 0 fully saturated rings. The Balaban J connectivity index is 0.000000136. The Morgan fingerprint density at radius 1 is 0.923 bits per heavy atom. The molecule has 0 radical (unpaired) electrons. The van der Waals surface area contributed by atoms with Crippen LogP contribution in [0.4, 0.5) is 0 Å². The van der Waals surface area contributed by atoms with Gasteiger partial charge in [-0.15, -0.1) is 0 Å². The third-order valence-corrected chi connectivity index (χ3v) is 5.20. The van der Waals surface area contributed by atoms with Crippen molar-refractivity contribution in [2.45, 2.75) is 12.8 Å². The Morgan fingerprint density at radius 2 is 1.69 bits per heavy atom. The predicted molar refractivity (Wildman–Crippen MR) is 111 cm³/mol. The van der Waals surface area contributed by atoms with E-state index < -0.39 is 0 Å². The molecule has 1 aromatic carbocycles. The molecule has 2 aliphatic heterocycles. The van der Waals surface area contributed by atoms with E-state index >= 15 is 0 Å². The lowest BCUT2D eigenvalue weighted by Gasteiger charge is -2.00. The van der Waals surface area contributed by atoms with Gasteiger partial charge in [0.05, 0.1) is 13.1 Å². The van der Waals surface area contributed by atoms with Crippen molar-refractivity contribution < 1.29 is 0 Å². The second kappa shape index (κ2) is 8.19. The van der Waals surface area contributed by atoms with Crippen LogP contribution >= 0.6 is 11.3 Å². The lowest BCUT2D eigenvalue weighted by Crippen LogP contribution is -2.20. The van der Waals surface area contributed by atoms with Crippen LogP contribution in [-0.4, -0.2) is 42.8 Å². The van der Waals surface area contributed by atoms with Gasteiger partial charge in [-0.2, -0.15) is 11.3 Å². The van der Waals surface area contributed by atoms with Crippen LogP contribution in [0.25, 0.3) is 10.9 Å². The minimum Gasteiger partial charge on any atom is -0.372 e. The molecule has 0 spiro atoms. The Kier molecular flexibility index (Phi) is 5.30. The molecule has 6 heteroatoms. The number of hydrogen-bond donors (Lipinski definition) is 3. The van der Waals surface area contributed by atoms with Gasteiger partial charge in [-0.05, 0) is 34.0 Å². The molecular weight excluding hydrogens is 342 g/mol. The molecule has 5 rings (SSSR count). The summed E-state index contributed by atoms with van der Waals surface area (Å²) in [4.78, 5) is 12.0. The highest BCUT2D eigenvalue weighted by atomic mass is 32.1. The Bertz CT molecular complexity index is 907. The third kappa shape index (κ3) is 4.14. The number of nitrogens with one attached hydrogen (secondary N) is 3. The van der Waals surface area contributed by atoms with Gasteiger partial charge in [0.25, 0.3) is 0 Å². The van der Waals surface area contributed by atoms with Crippen molar-refractivity contribution in [3.05, 3.63) is 58.4 Å². The van der Waals surface area contributed by atoms with Crippen molar-refractivity contribution in [2.24, 2.45) is 9.98 Å². The van der Waals surface area contributed by atoms with Gasteiger partial charge in [-0.3, -0.25) is 9.98 Å². The average Bonchev–Trinajstić information content (AvgIpc) is 3.46. The first kappa shape index (κ1) is 16.8. The van der Waals surface area contributed by atoms with Crippen LogP contribution in [0.3, 0.4) is 0 Å². The Hall–Kier alpha value is -2.60. The zero-order chi connectivity index (χ0) is 17.6. The highest BCUT2D eigenvalue weighted by Crippen LogP contribution is 2.18. The van der Waals surface area contributed by atoms with Crippen molar-refractivity contribution >= 4 is 33.9 Å². The van der Waals surface area contributed by atoms with Crippen LogP contribution in [0.5, 0.6) is 0 Å². The Morgan fingerprint density at radius 3 is 2.38 bits per heavy atom. The van der Waals surface area contributed by atoms with E-state index in [4.69, 9.17) is 0 Å². The minimum atomic E-state index is 0.907. The second-order valence-electron chi connectivity index (χ2n) is 6.36. The minimum absolute atomic E-state index is 0.907. The molecule has 2 aromatic heterocycles. The molecule has 0 atom stereocenters. The van der Waals surface area contributed by atoms with Crippen molar-refractivity contribution in [1.82, 2.24) is 15.6 Å². The van der Waals surface area contributed by atoms with Gasteiger partial charge < -0.3 is 15.6 Å². The molecule has 0 aliphatic carbocycles. The van der Waals surface area contributed by atoms with Crippen LogP contribution in [0.1, 0.15) is 11.1 Å². The lowest BCUT2D eigenvalue weighted by atomic mass is 10.1. The van der Waals surface area contributed by atoms with E-state index in [1.54, 1.807) is 11.3 Å². The predicted octanol–water partition coefficient (Wildman–Crippen LogP) is 3.00. The molecule has 2 aliphatic rings. The maximum Gasteiger partial charge on any atom is 0.101 e. The average molecular weight is 366 g/mol. The zero-order valence-electron chi connectivity index (χ0n) is 14.7. The molecule has 0 amide bonds. The summed E-state index contributed by atoms with van der Waals surface area (Å²) in [6, 6.07) is 10.5. The lowest BCUT2D eigenvalue weighted by molar-refractivity contribution is 0.953.